The monoisotopic (exact) mass is 187 g/mol. The van der Waals surface area contributed by atoms with Gasteiger partial charge in [0.15, 0.2) is 0 Å². The van der Waals surface area contributed by atoms with E-state index in [9.17, 15) is 0 Å². The van der Waals surface area contributed by atoms with E-state index in [4.69, 9.17) is 10.2 Å². The van der Waals surface area contributed by atoms with Gasteiger partial charge < -0.3 is 10.2 Å². The van der Waals surface area contributed by atoms with Crippen molar-refractivity contribution in [2.24, 2.45) is 0 Å². The molecule has 0 saturated carbocycles. The van der Waals surface area contributed by atoms with Gasteiger partial charge >= 0.3 is 0 Å². The Hall–Kier alpha value is -0.700. The molecule has 2 nitrogen and oxygen atoms in total. The number of rotatable bonds is 0. The molecule has 0 heterocycles. The van der Waals surface area contributed by atoms with Gasteiger partial charge in [0.2, 0.25) is 0 Å². The summed E-state index contributed by atoms with van der Waals surface area (Å²) in [5, 5.41) is 17.6. The van der Waals surface area contributed by atoms with Gasteiger partial charge in [0, 0.05) is 6.07 Å². The largest absolute Gasteiger partial charge is 0.507 e. The molecule has 9 heavy (non-hydrogen) atoms. The molecular weight excluding hydrogens is 184 g/mol. The highest BCUT2D eigenvalue weighted by Crippen LogP contribution is 2.25. The van der Waals surface area contributed by atoms with E-state index in [-0.39, 0.29) is 11.5 Å². The van der Waals surface area contributed by atoms with E-state index < -0.39 is 0 Å². The quantitative estimate of drug-likeness (QED) is 0.607. The van der Waals surface area contributed by atoms with Crippen molar-refractivity contribution in [2.45, 2.75) is 0 Å². The molecule has 0 aliphatic heterocycles. The van der Waals surface area contributed by atoms with E-state index in [1.165, 1.54) is 12.1 Å². The van der Waals surface area contributed by atoms with Gasteiger partial charge in [-0.3, -0.25) is 0 Å². The van der Waals surface area contributed by atoms with Gasteiger partial charge in [0.25, 0.3) is 0 Å². The van der Waals surface area contributed by atoms with E-state index in [0.29, 0.717) is 4.47 Å². The summed E-state index contributed by atoms with van der Waals surface area (Å²) in [5.74, 6) is 0.0903. The number of phenolic OH excluding ortho intramolecular Hbond substituents is 2. The van der Waals surface area contributed by atoms with Crippen LogP contribution < -0.4 is 0 Å². The highest BCUT2D eigenvalue weighted by Gasteiger charge is 1.96. The maximum Gasteiger partial charge on any atom is 0.130 e. The van der Waals surface area contributed by atoms with E-state index >= 15 is 0 Å². The zero-order chi connectivity index (χ0) is 6.85. The minimum absolute atomic E-state index is 0.0136. The van der Waals surface area contributed by atoms with Crippen molar-refractivity contribution >= 4 is 15.9 Å². The summed E-state index contributed by atoms with van der Waals surface area (Å²) >= 11 is 2.98. The van der Waals surface area contributed by atoms with Gasteiger partial charge in [-0.1, -0.05) is 0 Å². The molecule has 0 aliphatic carbocycles. The molecule has 47 valence electrons. The topological polar surface area (TPSA) is 40.5 Å². The van der Waals surface area contributed by atoms with Crippen LogP contribution in [0.4, 0.5) is 0 Å². The fourth-order valence-electron chi connectivity index (χ4n) is 0.449. The Labute approximate surface area is 60.9 Å². The minimum Gasteiger partial charge on any atom is -0.507 e. The SMILES string of the molecule is Oc1[c]c(Br)c(O)cc1. The van der Waals surface area contributed by atoms with E-state index in [1.54, 1.807) is 0 Å². The Kier molecular flexibility index (Phi) is 1.62. The molecule has 0 bridgehead atoms. The summed E-state index contributed by atoms with van der Waals surface area (Å²) in [5.41, 5.74) is 0. The van der Waals surface area contributed by atoms with Gasteiger partial charge in [-0.15, -0.1) is 0 Å². The first-order valence-corrected chi connectivity index (χ1v) is 3.09. The van der Waals surface area contributed by atoms with Crippen molar-refractivity contribution in [3.63, 3.8) is 0 Å². The normalized spacial score (nSPS) is 9.44. The Bertz CT molecular complexity index is 222. The first-order chi connectivity index (χ1) is 4.20. The van der Waals surface area contributed by atoms with Crippen LogP contribution >= 0.6 is 15.9 Å². The summed E-state index contributed by atoms with van der Waals surface area (Å²) < 4.78 is 0.377. The van der Waals surface area contributed by atoms with E-state index in [0.717, 1.165) is 0 Å². The lowest BCUT2D eigenvalue weighted by Crippen LogP contribution is -1.67. The summed E-state index contributed by atoms with van der Waals surface area (Å²) in [6.45, 7) is 0. The highest BCUT2D eigenvalue weighted by atomic mass is 79.9. The smallest absolute Gasteiger partial charge is 0.130 e. The second-order valence-corrected chi connectivity index (χ2v) is 2.34. The molecular formula is C6H4BrO2. The van der Waals surface area contributed by atoms with Crippen LogP contribution in [0.2, 0.25) is 0 Å². The minimum atomic E-state index is 0.0136. The lowest BCUT2D eigenvalue weighted by atomic mass is 10.3. The molecule has 0 unspecified atom stereocenters. The maximum absolute atomic E-state index is 8.85. The summed E-state index contributed by atoms with van der Waals surface area (Å²) in [4.78, 5) is 0. The fraction of sp³-hybridized carbons (Fsp3) is 0. The molecule has 0 aliphatic rings. The summed E-state index contributed by atoms with van der Waals surface area (Å²) in [7, 11) is 0. The summed E-state index contributed by atoms with van der Waals surface area (Å²) in [6, 6.07) is 5.21. The van der Waals surface area contributed by atoms with Crippen LogP contribution in [-0.4, -0.2) is 10.2 Å². The predicted molar refractivity (Wildman–Crippen MR) is 36.3 cm³/mol. The van der Waals surface area contributed by atoms with Crippen molar-refractivity contribution in [1.29, 1.82) is 0 Å². The van der Waals surface area contributed by atoms with Gasteiger partial charge in [0.05, 0.1) is 4.47 Å². The maximum atomic E-state index is 8.85. The Morgan fingerprint density at radius 1 is 1.33 bits per heavy atom. The zero-order valence-corrected chi connectivity index (χ0v) is 6.01. The van der Waals surface area contributed by atoms with Crippen LogP contribution in [0.1, 0.15) is 0 Å². The number of benzene rings is 1. The second-order valence-electron chi connectivity index (χ2n) is 1.54. The summed E-state index contributed by atoms with van der Waals surface area (Å²) in [6.07, 6.45) is 0. The molecule has 0 atom stereocenters. The number of phenols is 2. The number of hydrogen-bond donors (Lipinski definition) is 2. The molecule has 1 aromatic rings. The molecule has 0 aromatic heterocycles. The van der Waals surface area contributed by atoms with Crippen molar-refractivity contribution in [3.8, 4) is 11.5 Å². The van der Waals surface area contributed by atoms with Crippen LogP contribution in [0.25, 0.3) is 0 Å². The van der Waals surface area contributed by atoms with Crippen molar-refractivity contribution in [2.75, 3.05) is 0 Å². The molecule has 0 saturated heterocycles. The molecule has 1 aromatic carbocycles. The Morgan fingerprint density at radius 3 is 2.44 bits per heavy atom. The number of aromatic hydroxyl groups is 2. The average Bonchev–Trinajstić information content (AvgIpc) is 1.80. The van der Waals surface area contributed by atoms with Gasteiger partial charge in [0.1, 0.15) is 11.5 Å². The van der Waals surface area contributed by atoms with Gasteiger partial charge in [-0.05, 0) is 28.1 Å². The lowest BCUT2D eigenvalue weighted by Gasteiger charge is -1.93. The Balaban J connectivity index is 3.17. The van der Waals surface area contributed by atoms with Crippen LogP contribution in [0.15, 0.2) is 16.6 Å². The first-order valence-electron chi connectivity index (χ1n) is 2.30. The molecule has 2 N–H and O–H groups in total. The van der Waals surface area contributed by atoms with Crippen molar-refractivity contribution in [3.05, 3.63) is 22.7 Å². The third-order valence-corrected chi connectivity index (χ3v) is 1.47. The molecule has 0 spiro atoms. The Morgan fingerprint density at radius 2 is 2.00 bits per heavy atom. The van der Waals surface area contributed by atoms with Gasteiger partial charge in [-0.25, -0.2) is 0 Å². The second kappa shape index (κ2) is 2.27. The van der Waals surface area contributed by atoms with Crippen molar-refractivity contribution < 1.29 is 10.2 Å². The van der Waals surface area contributed by atoms with Gasteiger partial charge in [-0.2, -0.15) is 0 Å². The van der Waals surface area contributed by atoms with Crippen LogP contribution in [0, 0.1) is 6.07 Å². The molecule has 0 amide bonds. The number of hydrogen-bond acceptors (Lipinski definition) is 2. The predicted octanol–water partition coefficient (Wildman–Crippen LogP) is 1.66. The third kappa shape index (κ3) is 1.36. The van der Waals surface area contributed by atoms with Crippen molar-refractivity contribution in [1.82, 2.24) is 0 Å². The first kappa shape index (κ1) is 6.42. The molecule has 3 heteroatoms. The van der Waals surface area contributed by atoms with Crippen LogP contribution in [0.3, 0.4) is 0 Å². The molecule has 0 fully saturated rings. The lowest BCUT2D eigenvalue weighted by molar-refractivity contribution is 0.456. The highest BCUT2D eigenvalue weighted by molar-refractivity contribution is 9.10. The fourth-order valence-corrected chi connectivity index (χ4v) is 0.784. The molecule has 1 rings (SSSR count). The van der Waals surface area contributed by atoms with Crippen LogP contribution in [-0.2, 0) is 0 Å². The average molecular weight is 188 g/mol. The third-order valence-electron chi connectivity index (χ3n) is 0.862. The standard InChI is InChI=1S/C6H4BrO2/c7-5-3-4(8)1-2-6(5)9/h1-2,8-9H. The zero-order valence-electron chi connectivity index (χ0n) is 4.43. The number of halogens is 1. The van der Waals surface area contributed by atoms with Crippen LogP contribution in [0.5, 0.6) is 11.5 Å². The van der Waals surface area contributed by atoms with E-state index in [2.05, 4.69) is 22.0 Å². The molecule has 1 radical (unpaired) electrons. The van der Waals surface area contributed by atoms with E-state index in [1.807, 2.05) is 0 Å².